The van der Waals surface area contributed by atoms with Gasteiger partial charge in [0.1, 0.15) is 5.82 Å². The number of nitrogens with one attached hydrogen (secondary N) is 2. The van der Waals surface area contributed by atoms with Crippen LogP contribution in [0.2, 0.25) is 5.02 Å². The lowest BCUT2D eigenvalue weighted by Crippen LogP contribution is -2.32. The Morgan fingerprint density at radius 3 is 1.58 bits per heavy atom. The molecule has 26 heavy (non-hydrogen) atoms. The third kappa shape index (κ3) is 4.82. The zero-order chi connectivity index (χ0) is 18.5. The molecule has 1 aliphatic rings. The smallest absolute Gasteiger partial charge is 0.227 e. The minimum absolute atomic E-state index is 0.0234. The van der Waals surface area contributed by atoms with Crippen LogP contribution in [0.25, 0.3) is 0 Å². The van der Waals surface area contributed by atoms with Crippen molar-refractivity contribution in [3.8, 4) is 0 Å². The van der Waals surface area contributed by atoms with Gasteiger partial charge in [0.15, 0.2) is 0 Å². The first-order valence-electron chi connectivity index (χ1n) is 8.64. The summed E-state index contributed by atoms with van der Waals surface area (Å²) in [5.74, 6) is -0.659. The van der Waals surface area contributed by atoms with E-state index >= 15 is 0 Å². The lowest BCUT2D eigenvalue weighted by atomic mass is 9.81. The fourth-order valence-corrected chi connectivity index (χ4v) is 3.30. The van der Waals surface area contributed by atoms with Crippen LogP contribution in [-0.4, -0.2) is 11.8 Å². The highest BCUT2D eigenvalue weighted by atomic mass is 35.5. The summed E-state index contributed by atoms with van der Waals surface area (Å²) in [6, 6.07) is 12.7. The van der Waals surface area contributed by atoms with Crippen molar-refractivity contribution in [1.29, 1.82) is 0 Å². The molecule has 1 fully saturated rings. The molecule has 0 saturated heterocycles. The third-order valence-electron chi connectivity index (χ3n) is 4.69. The fourth-order valence-electron chi connectivity index (χ4n) is 3.17. The summed E-state index contributed by atoms with van der Waals surface area (Å²) in [6.07, 6.45) is 2.65. The van der Waals surface area contributed by atoms with Crippen molar-refractivity contribution in [3.05, 3.63) is 59.4 Å². The number of benzene rings is 2. The Kier molecular flexibility index (Phi) is 5.89. The summed E-state index contributed by atoms with van der Waals surface area (Å²) in [5, 5.41) is 6.32. The van der Waals surface area contributed by atoms with E-state index in [0.29, 0.717) is 36.4 Å². The van der Waals surface area contributed by atoms with E-state index in [2.05, 4.69) is 10.6 Å². The summed E-state index contributed by atoms with van der Waals surface area (Å²) in [6.45, 7) is 0. The first-order chi connectivity index (χ1) is 12.5. The van der Waals surface area contributed by atoms with Crippen LogP contribution < -0.4 is 10.6 Å². The van der Waals surface area contributed by atoms with Gasteiger partial charge in [-0.05, 0) is 74.2 Å². The molecule has 4 nitrogen and oxygen atoms in total. The molecule has 2 aromatic rings. The second-order valence-electron chi connectivity index (χ2n) is 6.54. The number of hydrogen-bond acceptors (Lipinski definition) is 2. The fraction of sp³-hybridized carbons (Fsp3) is 0.300. The number of carbonyl (C=O) groups excluding carboxylic acids is 2. The van der Waals surface area contributed by atoms with Gasteiger partial charge in [-0.1, -0.05) is 11.6 Å². The van der Waals surface area contributed by atoms with Crippen LogP contribution >= 0.6 is 11.6 Å². The third-order valence-corrected chi connectivity index (χ3v) is 4.94. The lowest BCUT2D eigenvalue weighted by Gasteiger charge is -2.27. The van der Waals surface area contributed by atoms with E-state index < -0.39 is 0 Å². The average Bonchev–Trinajstić information content (AvgIpc) is 2.65. The summed E-state index contributed by atoms with van der Waals surface area (Å²) in [4.78, 5) is 24.7. The zero-order valence-electron chi connectivity index (χ0n) is 14.2. The van der Waals surface area contributed by atoms with Gasteiger partial charge >= 0.3 is 0 Å². The molecule has 136 valence electrons. The van der Waals surface area contributed by atoms with Gasteiger partial charge in [-0.25, -0.2) is 4.39 Å². The second kappa shape index (κ2) is 8.32. The Balaban J connectivity index is 1.48. The maximum absolute atomic E-state index is 12.9. The van der Waals surface area contributed by atoms with Crippen LogP contribution in [0.4, 0.5) is 15.8 Å². The maximum Gasteiger partial charge on any atom is 0.227 e. The van der Waals surface area contributed by atoms with Crippen LogP contribution in [0.5, 0.6) is 0 Å². The van der Waals surface area contributed by atoms with Gasteiger partial charge in [-0.2, -0.15) is 0 Å². The highest BCUT2D eigenvalue weighted by Gasteiger charge is 2.30. The van der Waals surface area contributed by atoms with E-state index in [9.17, 15) is 14.0 Å². The van der Waals surface area contributed by atoms with Crippen LogP contribution in [0.3, 0.4) is 0 Å². The minimum atomic E-state index is -0.338. The van der Waals surface area contributed by atoms with Crippen molar-refractivity contribution in [3.63, 3.8) is 0 Å². The van der Waals surface area contributed by atoms with Crippen LogP contribution in [0.15, 0.2) is 48.5 Å². The van der Waals surface area contributed by atoms with E-state index in [1.165, 1.54) is 12.1 Å². The van der Waals surface area contributed by atoms with Crippen LogP contribution in [-0.2, 0) is 9.59 Å². The molecule has 0 aromatic heterocycles. The second-order valence-corrected chi connectivity index (χ2v) is 6.98. The molecule has 2 N–H and O–H groups in total. The van der Waals surface area contributed by atoms with Gasteiger partial charge in [-0.15, -0.1) is 0 Å². The number of rotatable bonds is 4. The number of anilines is 2. The molecule has 0 unspecified atom stereocenters. The van der Waals surface area contributed by atoms with E-state index in [1.807, 2.05) is 0 Å². The standard InChI is InChI=1S/C20H20ClFN2O2/c21-15-5-9-17(10-6-15)23-19(25)13-1-3-14(4-2-13)20(26)24-18-11-7-16(22)8-12-18/h5-14H,1-4H2,(H,23,25)(H,24,26). The Morgan fingerprint density at radius 1 is 0.769 bits per heavy atom. The van der Waals surface area contributed by atoms with Crippen LogP contribution in [0.1, 0.15) is 25.7 Å². The number of carbonyl (C=O) groups is 2. The molecule has 6 heteroatoms. The largest absolute Gasteiger partial charge is 0.326 e. The predicted octanol–water partition coefficient (Wildman–Crippen LogP) is 4.86. The molecule has 0 atom stereocenters. The van der Waals surface area contributed by atoms with Gasteiger partial charge in [0.25, 0.3) is 0 Å². The highest BCUT2D eigenvalue weighted by Crippen LogP contribution is 2.30. The van der Waals surface area contributed by atoms with Gasteiger partial charge in [0, 0.05) is 28.2 Å². The Morgan fingerprint density at radius 2 is 1.15 bits per heavy atom. The molecule has 2 amide bonds. The van der Waals surface area contributed by atoms with Crippen molar-refractivity contribution < 1.29 is 14.0 Å². The number of halogens is 2. The van der Waals surface area contributed by atoms with Crippen molar-refractivity contribution in [2.24, 2.45) is 11.8 Å². The topological polar surface area (TPSA) is 58.2 Å². The van der Waals surface area contributed by atoms with Crippen LogP contribution in [0, 0.1) is 17.7 Å². The SMILES string of the molecule is O=C(Nc1ccc(F)cc1)C1CCC(C(=O)Nc2ccc(Cl)cc2)CC1. The maximum atomic E-state index is 12.9. The van der Waals surface area contributed by atoms with Crippen molar-refractivity contribution >= 4 is 34.8 Å². The van der Waals surface area contributed by atoms with E-state index in [4.69, 9.17) is 11.6 Å². The quantitative estimate of drug-likeness (QED) is 0.802. The van der Waals surface area contributed by atoms with Gasteiger partial charge in [0.2, 0.25) is 11.8 Å². The molecular weight excluding hydrogens is 355 g/mol. The Labute approximate surface area is 156 Å². The summed E-state index contributed by atoms with van der Waals surface area (Å²) >= 11 is 5.84. The molecule has 0 bridgehead atoms. The number of hydrogen-bond donors (Lipinski definition) is 2. The van der Waals surface area contributed by atoms with E-state index in [-0.39, 0.29) is 29.5 Å². The number of amides is 2. The Hall–Kier alpha value is -2.40. The van der Waals surface area contributed by atoms with Gasteiger partial charge < -0.3 is 10.6 Å². The summed E-state index contributed by atoms with van der Waals surface area (Å²) in [7, 11) is 0. The summed E-state index contributed by atoms with van der Waals surface area (Å²) < 4.78 is 12.9. The lowest BCUT2D eigenvalue weighted by molar-refractivity contribution is -0.125. The van der Waals surface area contributed by atoms with Gasteiger partial charge in [-0.3, -0.25) is 9.59 Å². The first kappa shape index (κ1) is 18.4. The average molecular weight is 375 g/mol. The first-order valence-corrected chi connectivity index (χ1v) is 9.02. The van der Waals surface area contributed by atoms with Crippen molar-refractivity contribution in [2.75, 3.05) is 10.6 Å². The Bertz CT molecular complexity index is 702. The molecule has 0 heterocycles. The molecule has 0 radical (unpaired) electrons. The molecule has 0 aliphatic heterocycles. The normalized spacial score (nSPS) is 19.6. The molecule has 2 aromatic carbocycles. The molecule has 1 aliphatic carbocycles. The zero-order valence-corrected chi connectivity index (χ0v) is 14.9. The monoisotopic (exact) mass is 374 g/mol. The molecule has 1 saturated carbocycles. The molecule has 0 spiro atoms. The van der Waals surface area contributed by atoms with Crippen molar-refractivity contribution in [2.45, 2.75) is 25.7 Å². The summed E-state index contributed by atoms with van der Waals surface area (Å²) in [5.41, 5.74) is 1.30. The molecular formula is C20H20ClFN2O2. The molecule has 3 rings (SSSR count). The van der Waals surface area contributed by atoms with E-state index in [0.717, 1.165) is 5.69 Å². The van der Waals surface area contributed by atoms with Gasteiger partial charge in [0.05, 0.1) is 0 Å². The highest BCUT2D eigenvalue weighted by molar-refractivity contribution is 6.30. The van der Waals surface area contributed by atoms with Crippen molar-refractivity contribution in [1.82, 2.24) is 0 Å². The minimum Gasteiger partial charge on any atom is -0.326 e. The predicted molar refractivity (Wildman–Crippen MR) is 101 cm³/mol. The van der Waals surface area contributed by atoms with E-state index in [1.54, 1.807) is 36.4 Å².